The van der Waals surface area contributed by atoms with Gasteiger partial charge in [0.25, 0.3) is 5.91 Å². The standard InChI is InChI=1S/C15H14N2O2/c18-14-5-3-13(4-6-14)17-15(19)10-1-2-11-8-16-9-12(11)7-10/h1-7,16,18H,8-9H2,(H,17,19). The Bertz CT molecular complexity index is 621. The van der Waals surface area contributed by atoms with E-state index in [4.69, 9.17) is 0 Å². The Labute approximate surface area is 111 Å². The Morgan fingerprint density at radius 3 is 2.58 bits per heavy atom. The lowest BCUT2D eigenvalue weighted by Gasteiger charge is -2.07. The van der Waals surface area contributed by atoms with Crippen LogP contribution in [0.25, 0.3) is 0 Å². The van der Waals surface area contributed by atoms with Gasteiger partial charge in [0.2, 0.25) is 0 Å². The summed E-state index contributed by atoms with van der Waals surface area (Å²) in [6.07, 6.45) is 0. The van der Waals surface area contributed by atoms with Crippen LogP contribution in [0.2, 0.25) is 0 Å². The van der Waals surface area contributed by atoms with Gasteiger partial charge in [-0.15, -0.1) is 0 Å². The average Bonchev–Trinajstić information content (AvgIpc) is 2.88. The summed E-state index contributed by atoms with van der Waals surface area (Å²) >= 11 is 0. The number of hydrogen-bond acceptors (Lipinski definition) is 3. The molecular weight excluding hydrogens is 240 g/mol. The zero-order chi connectivity index (χ0) is 13.2. The summed E-state index contributed by atoms with van der Waals surface area (Å²) < 4.78 is 0. The number of phenols is 1. The first-order valence-corrected chi connectivity index (χ1v) is 6.15. The molecule has 1 aliphatic heterocycles. The van der Waals surface area contributed by atoms with Gasteiger partial charge in [0.1, 0.15) is 5.75 Å². The van der Waals surface area contributed by atoms with Gasteiger partial charge in [0.05, 0.1) is 0 Å². The highest BCUT2D eigenvalue weighted by Crippen LogP contribution is 2.19. The van der Waals surface area contributed by atoms with Crippen LogP contribution in [0.5, 0.6) is 5.75 Å². The lowest BCUT2D eigenvalue weighted by Crippen LogP contribution is -2.12. The van der Waals surface area contributed by atoms with Crippen LogP contribution in [0.15, 0.2) is 42.5 Å². The number of aromatic hydroxyl groups is 1. The summed E-state index contributed by atoms with van der Waals surface area (Å²) in [5.41, 5.74) is 3.75. The van der Waals surface area contributed by atoms with Crippen molar-refractivity contribution >= 4 is 11.6 Å². The van der Waals surface area contributed by atoms with E-state index in [1.54, 1.807) is 24.3 Å². The maximum atomic E-state index is 12.1. The largest absolute Gasteiger partial charge is 0.508 e. The predicted molar refractivity (Wildman–Crippen MR) is 73.0 cm³/mol. The van der Waals surface area contributed by atoms with Gasteiger partial charge in [-0.25, -0.2) is 0 Å². The van der Waals surface area contributed by atoms with Gasteiger partial charge in [-0.05, 0) is 47.5 Å². The third-order valence-corrected chi connectivity index (χ3v) is 3.22. The van der Waals surface area contributed by atoms with E-state index in [1.165, 1.54) is 11.1 Å². The number of phenolic OH excluding ortho intramolecular Hbond substituents is 1. The minimum absolute atomic E-state index is 0.139. The van der Waals surface area contributed by atoms with Crippen molar-refractivity contribution in [1.29, 1.82) is 0 Å². The Balaban J connectivity index is 1.78. The highest BCUT2D eigenvalue weighted by Gasteiger charge is 2.13. The summed E-state index contributed by atoms with van der Waals surface area (Å²) in [7, 11) is 0. The van der Waals surface area contributed by atoms with Crippen molar-refractivity contribution in [3.8, 4) is 5.75 Å². The van der Waals surface area contributed by atoms with E-state index in [2.05, 4.69) is 10.6 Å². The van der Waals surface area contributed by atoms with Gasteiger partial charge in [-0.3, -0.25) is 4.79 Å². The van der Waals surface area contributed by atoms with E-state index in [-0.39, 0.29) is 11.7 Å². The second-order valence-electron chi connectivity index (χ2n) is 4.59. The molecular formula is C15H14N2O2. The van der Waals surface area contributed by atoms with E-state index in [9.17, 15) is 9.90 Å². The van der Waals surface area contributed by atoms with Crippen molar-refractivity contribution in [2.75, 3.05) is 5.32 Å². The fraction of sp³-hybridized carbons (Fsp3) is 0.133. The molecule has 2 aromatic carbocycles. The Morgan fingerprint density at radius 2 is 1.79 bits per heavy atom. The Hall–Kier alpha value is -2.33. The lowest BCUT2D eigenvalue weighted by molar-refractivity contribution is 0.102. The van der Waals surface area contributed by atoms with E-state index in [1.807, 2.05) is 18.2 Å². The fourth-order valence-electron chi connectivity index (χ4n) is 2.18. The number of rotatable bonds is 2. The zero-order valence-corrected chi connectivity index (χ0v) is 10.3. The van der Waals surface area contributed by atoms with E-state index >= 15 is 0 Å². The fourth-order valence-corrected chi connectivity index (χ4v) is 2.18. The maximum absolute atomic E-state index is 12.1. The van der Waals surface area contributed by atoms with Crippen LogP contribution < -0.4 is 10.6 Å². The number of amides is 1. The summed E-state index contributed by atoms with van der Waals surface area (Å²) in [5.74, 6) is 0.0435. The molecule has 1 amide bonds. The number of anilines is 1. The second-order valence-corrected chi connectivity index (χ2v) is 4.59. The molecule has 1 heterocycles. The molecule has 0 bridgehead atoms. The van der Waals surface area contributed by atoms with Gasteiger partial charge in [-0.2, -0.15) is 0 Å². The van der Waals surface area contributed by atoms with Gasteiger partial charge in [-0.1, -0.05) is 6.07 Å². The molecule has 0 fully saturated rings. The Kier molecular flexibility index (Phi) is 2.93. The third kappa shape index (κ3) is 2.44. The molecule has 96 valence electrons. The molecule has 0 radical (unpaired) electrons. The first kappa shape index (κ1) is 11.7. The molecule has 0 aromatic heterocycles. The summed E-state index contributed by atoms with van der Waals surface area (Å²) in [6, 6.07) is 12.2. The topological polar surface area (TPSA) is 61.4 Å². The van der Waals surface area contributed by atoms with Crippen LogP contribution in [0.4, 0.5) is 5.69 Å². The summed E-state index contributed by atoms with van der Waals surface area (Å²) in [6.45, 7) is 1.69. The minimum Gasteiger partial charge on any atom is -0.508 e. The second kappa shape index (κ2) is 4.74. The number of benzene rings is 2. The molecule has 4 heteroatoms. The highest BCUT2D eigenvalue weighted by atomic mass is 16.3. The van der Waals surface area contributed by atoms with E-state index in [0.717, 1.165) is 13.1 Å². The van der Waals surface area contributed by atoms with Crippen LogP contribution in [0, 0.1) is 0 Å². The summed E-state index contributed by atoms with van der Waals surface area (Å²) in [4.78, 5) is 12.1. The molecule has 1 aliphatic rings. The molecule has 0 atom stereocenters. The van der Waals surface area contributed by atoms with Crippen molar-refractivity contribution in [2.24, 2.45) is 0 Å². The molecule has 3 rings (SSSR count). The molecule has 0 aliphatic carbocycles. The van der Waals surface area contributed by atoms with Crippen LogP contribution in [-0.4, -0.2) is 11.0 Å². The first-order valence-electron chi connectivity index (χ1n) is 6.15. The van der Waals surface area contributed by atoms with Gasteiger partial charge in [0, 0.05) is 24.3 Å². The smallest absolute Gasteiger partial charge is 0.255 e. The van der Waals surface area contributed by atoms with Crippen LogP contribution in [0.3, 0.4) is 0 Å². The van der Waals surface area contributed by atoms with Crippen molar-refractivity contribution in [1.82, 2.24) is 5.32 Å². The minimum atomic E-state index is -0.139. The molecule has 0 unspecified atom stereocenters. The molecule has 4 nitrogen and oxygen atoms in total. The third-order valence-electron chi connectivity index (χ3n) is 3.22. The van der Waals surface area contributed by atoms with Crippen molar-refractivity contribution in [3.05, 3.63) is 59.2 Å². The SMILES string of the molecule is O=C(Nc1ccc(O)cc1)c1ccc2c(c1)CNC2. The van der Waals surface area contributed by atoms with Crippen molar-refractivity contribution in [3.63, 3.8) is 0 Å². The van der Waals surface area contributed by atoms with Gasteiger partial charge < -0.3 is 15.7 Å². The van der Waals surface area contributed by atoms with Crippen LogP contribution in [0.1, 0.15) is 21.5 Å². The molecule has 0 saturated carbocycles. The van der Waals surface area contributed by atoms with Crippen LogP contribution >= 0.6 is 0 Å². The number of fused-ring (bicyclic) bond motifs is 1. The normalized spacial score (nSPS) is 13.1. The van der Waals surface area contributed by atoms with Crippen LogP contribution in [-0.2, 0) is 13.1 Å². The lowest BCUT2D eigenvalue weighted by atomic mass is 10.1. The number of hydrogen-bond donors (Lipinski definition) is 3. The van der Waals surface area contributed by atoms with Gasteiger partial charge >= 0.3 is 0 Å². The molecule has 19 heavy (non-hydrogen) atoms. The quantitative estimate of drug-likeness (QED) is 0.720. The van der Waals surface area contributed by atoms with Crippen molar-refractivity contribution < 1.29 is 9.90 Å². The van der Waals surface area contributed by atoms with E-state index in [0.29, 0.717) is 11.3 Å². The van der Waals surface area contributed by atoms with Crippen molar-refractivity contribution in [2.45, 2.75) is 13.1 Å². The zero-order valence-electron chi connectivity index (χ0n) is 10.3. The van der Waals surface area contributed by atoms with Gasteiger partial charge in [0.15, 0.2) is 0 Å². The number of nitrogens with one attached hydrogen (secondary N) is 2. The highest BCUT2D eigenvalue weighted by molar-refractivity contribution is 6.04. The van der Waals surface area contributed by atoms with E-state index < -0.39 is 0 Å². The summed E-state index contributed by atoms with van der Waals surface area (Å²) in [5, 5.41) is 15.3. The maximum Gasteiger partial charge on any atom is 0.255 e. The molecule has 0 saturated heterocycles. The monoisotopic (exact) mass is 254 g/mol. The first-order chi connectivity index (χ1) is 9.22. The Morgan fingerprint density at radius 1 is 1.05 bits per heavy atom. The molecule has 3 N–H and O–H groups in total. The molecule has 2 aromatic rings. The molecule has 0 spiro atoms. The number of carbonyl (C=O) groups is 1. The predicted octanol–water partition coefficient (Wildman–Crippen LogP) is 2.25. The average molecular weight is 254 g/mol. The number of carbonyl (C=O) groups excluding carboxylic acids is 1.